The van der Waals surface area contributed by atoms with Crippen LogP contribution in [0.5, 0.6) is 0 Å². The van der Waals surface area contributed by atoms with E-state index >= 15 is 0 Å². The molecule has 0 aromatic rings. The van der Waals surface area contributed by atoms with E-state index in [0.29, 0.717) is 19.6 Å². The quantitative estimate of drug-likeness (QED) is 0.673. The van der Waals surface area contributed by atoms with Crippen LogP contribution in [0.2, 0.25) is 0 Å². The van der Waals surface area contributed by atoms with E-state index < -0.39 is 5.79 Å². The Kier molecular flexibility index (Phi) is 4.95. The Balaban J connectivity index is 2.60. The fourth-order valence-corrected chi connectivity index (χ4v) is 1.75. The Hall–Kier alpha value is -0.200. The lowest BCUT2D eigenvalue weighted by molar-refractivity contribution is -0.318. The molecule has 0 spiro atoms. The lowest BCUT2D eigenvalue weighted by Gasteiger charge is -2.42. The molecule has 1 aliphatic rings. The van der Waals surface area contributed by atoms with Crippen molar-refractivity contribution in [2.24, 2.45) is 5.73 Å². The van der Waals surface area contributed by atoms with Crippen LogP contribution in [0, 0.1) is 0 Å². The van der Waals surface area contributed by atoms with Gasteiger partial charge in [-0.25, -0.2) is 0 Å². The summed E-state index contributed by atoms with van der Waals surface area (Å²) in [6, 6.07) is -0.193. The SMILES string of the molecule is CCCC1(CO)OCC(N)C(COC)O1. The van der Waals surface area contributed by atoms with Gasteiger partial charge < -0.3 is 25.1 Å². The Labute approximate surface area is 90.5 Å². The molecule has 1 aliphatic heterocycles. The van der Waals surface area contributed by atoms with E-state index in [1.807, 2.05) is 6.92 Å². The number of aliphatic hydroxyl groups excluding tert-OH is 1. The van der Waals surface area contributed by atoms with Crippen LogP contribution in [0.1, 0.15) is 19.8 Å². The number of hydrogen-bond acceptors (Lipinski definition) is 5. The molecule has 3 N–H and O–H groups in total. The summed E-state index contributed by atoms with van der Waals surface area (Å²) in [6.07, 6.45) is 1.34. The highest BCUT2D eigenvalue weighted by molar-refractivity contribution is 4.83. The fraction of sp³-hybridized carbons (Fsp3) is 1.00. The van der Waals surface area contributed by atoms with Crippen LogP contribution in [-0.4, -0.2) is 50.0 Å². The lowest BCUT2D eigenvalue weighted by atomic mass is 10.1. The maximum Gasteiger partial charge on any atom is 0.192 e. The van der Waals surface area contributed by atoms with Gasteiger partial charge in [0.05, 0.1) is 25.9 Å². The van der Waals surface area contributed by atoms with Gasteiger partial charge in [-0.3, -0.25) is 0 Å². The minimum absolute atomic E-state index is 0.145. The predicted molar refractivity (Wildman–Crippen MR) is 55.4 cm³/mol. The van der Waals surface area contributed by atoms with E-state index in [9.17, 15) is 5.11 Å². The molecule has 1 saturated heterocycles. The second-order valence-electron chi connectivity index (χ2n) is 3.91. The van der Waals surface area contributed by atoms with E-state index in [0.717, 1.165) is 6.42 Å². The van der Waals surface area contributed by atoms with E-state index in [-0.39, 0.29) is 18.8 Å². The van der Waals surface area contributed by atoms with Crippen LogP contribution in [0.4, 0.5) is 0 Å². The number of hydrogen-bond donors (Lipinski definition) is 2. The van der Waals surface area contributed by atoms with Gasteiger partial charge >= 0.3 is 0 Å². The molecule has 5 nitrogen and oxygen atoms in total. The zero-order chi connectivity index (χ0) is 11.3. The van der Waals surface area contributed by atoms with E-state index in [2.05, 4.69) is 0 Å². The van der Waals surface area contributed by atoms with Crippen LogP contribution >= 0.6 is 0 Å². The summed E-state index contributed by atoms with van der Waals surface area (Å²) < 4.78 is 16.2. The molecule has 15 heavy (non-hydrogen) atoms. The summed E-state index contributed by atoms with van der Waals surface area (Å²) in [5, 5.41) is 9.31. The third-order valence-corrected chi connectivity index (χ3v) is 2.59. The van der Waals surface area contributed by atoms with Crippen molar-refractivity contribution in [3.05, 3.63) is 0 Å². The summed E-state index contributed by atoms with van der Waals surface area (Å²) in [5.74, 6) is -0.881. The summed E-state index contributed by atoms with van der Waals surface area (Å²) in [4.78, 5) is 0. The zero-order valence-electron chi connectivity index (χ0n) is 9.44. The van der Waals surface area contributed by atoms with Gasteiger partial charge in [-0.15, -0.1) is 0 Å². The Morgan fingerprint density at radius 2 is 2.33 bits per heavy atom. The van der Waals surface area contributed by atoms with Gasteiger partial charge in [0.25, 0.3) is 0 Å². The molecular formula is C10H21NO4. The molecule has 90 valence electrons. The number of nitrogens with two attached hydrogens (primary N) is 1. The first kappa shape index (κ1) is 12.9. The minimum atomic E-state index is -0.881. The third-order valence-electron chi connectivity index (χ3n) is 2.59. The van der Waals surface area contributed by atoms with Gasteiger partial charge in [0.1, 0.15) is 6.10 Å². The Morgan fingerprint density at radius 1 is 1.60 bits per heavy atom. The minimum Gasteiger partial charge on any atom is -0.391 e. The molecule has 1 fully saturated rings. The van der Waals surface area contributed by atoms with Crippen LogP contribution < -0.4 is 5.73 Å². The molecule has 0 aliphatic carbocycles. The maximum absolute atomic E-state index is 9.31. The Bertz CT molecular complexity index is 190. The highest BCUT2D eigenvalue weighted by Gasteiger charge is 2.40. The van der Waals surface area contributed by atoms with Crippen molar-refractivity contribution in [3.8, 4) is 0 Å². The number of ether oxygens (including phenoxy) is 3. The molecule has 0 radical (unpaired) electrons. The summed E-state index contributed by atoms with van der Waals surface area (Å²) in [6.45, 7) is 2.70. The molecule has 1 rings (SSSR count). The molecule has 1 heterocycles. The predicted octanol–water partition coefficient (Wildman–Crippen LogP) is -0.136. The van der Waals surface area contributed by atoms with Crippen molar-refractivity contribution in [3.63, 3.8) is 0 Å². The van der Waals surface area contributed by atoms with Crippen molar-refractivity contribution in [2.75, 3.05) is 26.9 Å². The Morgan fingerprint density at radius 3 is 2.87 bits per heavy atom. The fourth-order valence-electron chi connectivity index (χ4n) is 1.75. The molecule has 0 saturated carbocycles. The molecule has 3 atom stereocenters. The summed E-state index contributed by atoms with van der Waals surface area (Å²) in [7, 11) is 1.60. The zero-order valence-corrected chi connectivity index (χ0v) is 9.44. The second-order valence-corrected chi connectivity index (χ2v) is 3.91. The molecule has 0 aromatic carbocycles. The average Bonchev–Trinajstić information content (AvgIpc) is 2.24. The molecule has 0 amide bonds. The number of aliphatic hydroxyl groups is 1. The lowest BCUT2D eigenvalue weighted by Crippen LogP contribution is -2.57. The first-order valence-corrected chi connectivity index (χ1v) is 5.34. The molecular weight excluding hydrogens is 198 g/mol. The summed E-state index contributed by atoms with van der Waals surface area (Å²) >= 11 is 0. The van der Waals surface area contributed by atoms with Crippen LogP contribution in [-0.2, 0) is 14.2 Å². The van der Waals surface area contributed by atoms with Crippen LogP contribution in [0.15, 0.2) is 0 Å². The van der Waals surface area contributed by atoms with Gasteiger partial charge in [0, 0.05) is 13.5 Å². The first-order chi connectivity index (χ1) is 7.17. The highest BCUT2D eigenvalue weighted by atomic mass is 16.7. The van der Waals surface area contributed by atoms with Crippen molar-refractivity contribution in [1.29, 1.82) is 0 Å². The second kappa shape index (κ2) is 5.77. The number of rotatable bonds is 5. The van der Waals surface area contributed by atoms with Crippen LogP contribution in [0.25, 0.3) is 0 Å². The van der Waals surface area contributed by atoms with Crippen LogP contribution in [0.3, 0.4) is 0 Å². The number of methoxy groups -OCH3 is 1. The van der Waals surface area contributed by atoms with Crippen molar-refractivity contribution >= 4 is 0 Å². The van der Waals surface area contributed by atoms with Crippen molar-refractivity contribution < 1.29 is 19.3 Å². The molecule has 0 aromatic heterocycles. The largest absolute Gasteiger partial charge is 0.391 e. The van der Waals surface area contributed by atoms with E-state index in [1.165, 1.54) is 0 Å². The molecule has 0 bridgehead atoms. The summed E-state index contributed by atoms with van der Waals surface area (Å²) in [5.41, 5.74) is 5.83. The van der Waals surface area contributed by atoms with Crippen molar-refractivity contribution in [1.82, 2.24) is 0 Å². The smallest absolute Gasteiger partial charge is 0.192 e. The average molecular weight is 219 g/mol. The molecule has 5 heteroatoms. The van der Waals surface area contributed by atoms with Gasteiger partial charge in [-0.1, -0.05) is 13.3 Å². The van der Waals surface area contributed by atoms with Gasteiger partial charge in [-0.2, -0.15) is 0 Å². The maximum atomic E-state index is 9.31. The van der Waals surface area contributed by atoms with Crippen molar-refractivity contribution in [2.45, 2.75) is 37.7 Å². The monoisotopic (exact) mass is 219 g/mol. The van der Waals surface area contributed by atoms with E-state index in [1.54, 1.807) is 7.11 Å². The van der Waals surface area contributed by atoms with E-state index in [4.69, 9.17) is 19.9 Å². The normalized spacial score (nSPS) is 36.8. The highest BCUT2D eigenvalue weighted by Crippen LogP contribution is 2.27. The first-order valence-electron chi connectivity index (χ1n) is 5.34. The van der Waals surface area contributed by atoms with Gasteiger partial charge in [-0.05, 0) is 0 Å². The standard InChI is InChI=1S/C10H21NO4/c1-3-4-10(7-12)14-5-8(11)9(15-10)6-13-2/h8-9,12H,3-7,11H2,1-2H3. The van der Waals surface area contributed by atoms with Gasteiger partial charge in [0.2, 0.25) is 0 Å². The topological polar surface area (TPSA) is 73.9 Å². The van der Waals surface area contributed by atoms with Gasteiger partial charge in [0.15, 0.2) is 5.79 Å². The third kappa shape index (κ3) is 3.12. The molecule has 3 unspecified atom stereocenters.